The van der Waals surface area contributed by atoms with Crippen LogP contribution in [-0.2, 0) is 25.7 Å². The lowest BCUT2D eigenvalue weighted by Crippen LogP contribution is -2.63. The van der Waals surface area contributed by atoms with Crippen LogP contribution in [-0.4, -0.2) is 48.4 Å². The molecule has 1 fully saturated rings. The number of carbonyl (C=O) groups is 3. The van der Waals surface area contributed by atoms with Crippen LogP contribution in [0.4, 0.5) is 0 Å². The topological polar surface area (TPSA) is 102 Å². The summed E-state index contributed by atoms with van der Waals surface area (Å²) < 4.78 is 4.90. The number of nitrogens with one attached hydrogen (secondary N) is 1. The molecule has 1 saturated heterocycles. The van der Waals surface area contributed by atoms with Gasteiger partial charge in [0.25, 0.3) is 0 Å². The first-order valence-electron chi connectivity index (χ1n) is 7.89. The minimum absolute atomic E-state index is 0.332. The first-order valence-corrected chi connectivity index (χ1v) is 7.89. The standard InChI is InChI=1S/C17H23N3O4/c1-24-16(23)17(19-15(22)10-14(18)21)8-5-9-20(12-17)11-13-6-3-2-4-7-13/h2-4,6-7H,5,8-12H2,1H3,(H2,18,21)(H,19,22). The maximum atomic E-state index is 12.3. The van der Waals surface area contributed by atoms with Gasteiger partial charge in [0.2, 0.25) is 11.8 Å². The summed E-state index contributed by atoms with van der Waals surface area (Å²) in [7, 11) is 1.29. The number of esters is 1. The highest BCUT2D eigenvalue weighted by atomic mass is 16.5. The fraction of sp³-hybridized carbons (Fsp3) is 0.471. The number of methoxy groups -OCH3 is 1. The summed E-state index contributed by atoms with van der Waals surface area (Å²) in [4.78, 5) is 37.3. The van der Waals surface area contributed by atoms with Gasteiger partial charge in [-0.2, -0.15) is 0 Å². The van der Waals surface area contributed by atoms with E-state index >= 15 is 0 Å². The zero-order valence-corrected chi connectivity index (χ0v) is 13.8. The van der Waals surface area contributed by atoms with Gasteiger partial charge in [0.15, 0.2) is 5.54 Å². The van der Waals surface area contributed by atoms with Crippen LogP contribution in [0.3, 0.4) is 0 Å². The van der Waals surface area contributed by atoms with Crippen LogP contribution in [0.5, 0.6) is 0 Å². The zero-order valence-electron chi connectivity index (χ0n) is 13.8. The van der Waals surface area contributed by atoms with Crippen molar-refractivity contribution in [3.8, 4) is 0 Å². The SMILES string of the molecule is COC(=O)C1(NC(=O)CC(N)=O)CCCN(Cc2ccccc2)C1. The molecule has 1 aliphatic heterocycles. The number of rotatable bonds is 6. The Balaban J connectivity index is 2.12. The van der Waals surface area contributed by atoms with E-state index in [1.807, 2.05) is 30.3 Å². The predicted molar refractivity (Wildman–Crippen MR) is 87.7 cm³/mol. The Morgan fingerprint density at radius 1 is 1.29 bits per heavy atom. The van der Waals surface area contributed by atoms with E-state index in [-0.39, 0.29) is 0 Å². The lowest BCUT2D eigenvalue weighted by Gasteiger charge is -2.41. The highest BCUT2D eigenvalue weighted by Crippen LogP contribution is 2.24. The molecular weight excluding hydrogens is 310 g/mol. The van der Waals surface area contributed by atoms with E-state index < -0.39 is 29.7 Å². The Morgan fingerprint density at radius 2 is 2.00 bits per heavy atom. The summed E-state index contributed by atoms with van der Waals surface area (Å²) in [6, 6.07) is 9.89. The summed E-state index contributed by atoms with van der Waals surface area (Å²) in [6.07, 6.45) is 0.756. The highest BCUT2D eigenvalue weighted by molar-refractivity contribution is 5.98. The third-order valence-corrected chi connectivity index (χ3v) is 4.11. The minimum Gasteiger partial charge on any atom is -0.467 e. The van der Waals surface area contributed by atoms with Gasteiger partial charge < -0.3 is 15.8 Å². The average molecular weight is 333 g/mol. The smallest absolute Gasteiger partial charge is 0.332 e. The molecule has 3 N–H and O–H groups in total. The molecule has 0 aliphatic carbocycles. The lowest BCUT2D eigenvalue weighted by molar-refractivity contribution is -0.154. The van der Waals surface area contributed by atoms with Crippen molar-refractivity contribution in [2.24, 2.45) is 5.73 Å². The van der Waals surface area contributed by atoms with Crippen molar-refractivity contribution in [1.29, 1.82) is 0 Å². The number of amides is 2. The third-order valence-electron chi connectivity index (χ3n) is 4.11. The summed E-state index contributed by atoms with van der Waals surface area (Å²) in [5, 5.41) is 2.67. The average Bonchev–Trinajstić information content (AvgIpc) is 2.54. The van der Waals surface area contributed by atoms with Gasteiger partial charge in [-0.3, -0.25) is 14.5 Å². The van der Waals surface area contributed by atoms with Crippen molar-refractivity contribution in [1.82, 2.24) is 10.2 Å². The quantitative estimate of drug-likeness (QED) is 0.571. The number of likely N-dealkylation sites (tertiary alicyclic amines) is 1. The summed E-state index contributed by atoms with van der Waals surface area (Å²) >= 11 is 0. The fourth-order valence-electron chi connectivity index (χ4n) is 3.11. The zero-order chi connectivity index (χ0) is 17.6. The molecule has 0 bridgehead atoms. The van der Waals surface area contributed by atoms with Gasteiger partial charge in [-0.05, 0) is 24.9 Å². The maximum Gasteiger partial charge on any atom is 0.332 e. The first-order chi connectivity index (χ1) is 11.4. The molecule has 1 atom stereocenters. The molecule has 2 amide bonds. The number of hydrogen-bond donors (Lipinski definition) is 2. The summed E-state index contributed by atoms with van der Waals surface area (Å²) in [5.41, 5.74) is 5.04. The van der Waals surface area contributed by atoms with Gasteiger partial charge in [-0.1, -0.05) is 30.3 Å². The van der Waals surface area contributed by atoms with Crippen LogP contribution in [0, 0.1) is 0 Å². The molecule has 0 saturated carbocycles. The van der Waals surface area contributed by atoms with Gasteiger partial charge in [0.05, 0.1) is 7.11 Å². The van der Waals surface area contributed by atoms with Gasteiger partial charge in [0.1, 0.15) is 6.42 Å². The van der Waals surface area contributed by atoms with E-state index in [9.17, 15) is 14.4 Å². The second-order valence-electron chi connectivity index (χ2n) is 6.06. The van der Waals surface area contributed by atoms with E-state index in [4.69, 9.17) is 10.5 Å². The van der Waals surface area contributed by atoms with E-state index in [1.165, 1.54) is 7.11 Å². The van der Waals surface area contributed by atoms with Crippen LogP contribution >= 0.6 is 0 Å². The molecule has 0 radical (unpaired) electrons. The number of nitrogens with two attached hydrogens (primary N) is 1. The molecular formula is C17H23N3O4. The summed E-state index contributed by atoms with van der Waals surface area (Å²) in [5.74, 6) is -1.79. The molecule has 0 spiro atoms. The van der Waals surface area contributed by atoms with Crippen molar-refractivity contribution >= 4 is 17.8 Å². The van der Waals surface area contributed by atoms with Crippen molar-refractivity contribution in [2.45, 2.75) is 31.3 Å². The monoisotopic (exact) mass is 333 g/mol. The molecule has 1 aromatic rings. The van der Waals surface area contributed by atoms with Gasteiger partial charge >= 0.3 is 5.97 Å². The van der Waals surface area contributed by atoms with Crippen molar-refractivity contribution < 1.29 is 19.1 Å². The van der Waals surface area contributed by atoms with Crippen molar-refractivity contribution in [3.63, 3.8) is 0 Å². The molecule has 1 aliphatic rings. The van der Waals surface area contributed by atoms with Gasteiger partial charge in [0, 0.05) is 13.1 Å². The van der Waals surface area contributed by atoms with Crippen LogP contribution in [0.1, 0.15) is 24.8 Å². The number of hydrogen-bond acceptors (Lipinski definition) is 5. The molecule has 2 rings (SSSR count). The Kier molecular flexibility index (Phi) is 5.92. The molecule has 1 aromatic carbocycles. The van der Waals surface area contributed by atoms with Crippen LogP contribution in [0.15, 0.2) is 30.3 Å². The molecule has 24 heavy (non-hydrogen) atoms. The molecule has 7 heteroatoms. The molecule has 7 nitrogen and oxygen atoms in total. The van der Waals surface area contributed by atoms with E-state index in [2.05, 4.69) is 10.2 Å². The van der Waals surface area contributed by atoms with Crippen molar-refractivity contribution in [2.75, 3.05) is 20.2 Å². The number of carbonyl (C=O) groups excluding carboxylic acids is 3. The van der Waals surface area contributed by atoms with Crippen molar-refractivity contribution in [3.05, 3.63) is 35.9 Å². The fourth-order valence-corrected chi connectivity index (χ4v) is 3.11. The van der Waals surface area contributed by atoms with Crippen LogP contribution in [0.2, 0.25) is 0 Å². The van der Waals surface area contributed by atoms with Crippen LogP contribution < -0.4 is 11.1 Å². The number of primary amides is 1. The number of piperidine rings is 1. The first kappa shape index (κ1) is 17.9. The predicted octanol–water partition coefficient (Wildman–Crippen LogP) is 0.186. The van der Waals surface area contributed by atoms with E-state index in [0.29, 0.717) is 19.5 Å². The molecule has 1 unspecified atom stereocenters. The third kappa shape index (κ3) is 4.55. The number of nitrogens with zero attached hydrogens (tertiary/aromatic N) is 1. The second-order valence-corrected chi connectivity index (χ2v) is 6.06. The normalized spacial score (nSPS) is 21.0. The van der Waals surface area contributed by atoms with E-state index in [1.54, 1.807) is 0 Å². The Morgan fingerprint density at radius 3 is 2.62 bits per heavy atom. The Labute approximate surface area is 141 Å². The molecule has 1 heterocycles. The molecule has 0 aromatic heterocycles. The second kappa shape index (κ2) is 7.92. The number of benzene rings is 1. The minimum atomic E-state index is -1.14. The number of ether oxygens (including phenoxy) is 1. The largest absolute Gasteiger partial charge is 0.467 e. The Hall–Kier alpha value is -2.41. The van der Waals surface area contributed by atoms with Gasteiger partial charge in [-0.25, -0.2) is 4.79 Å². The lowest BCUT2D eigenvalue weighted by atomic mass is 9.88. The van der Waals surface area contributed by atoms with Gasteiger partial charge in [-0.15, -0.1) is 0 Å². The Bertz CT molecular complexity index is 605. The maximum absolute atomic E-state index is 12.3. The summed E-state index contributed by atoms with van der Waals surface area (Å²) in [6.45, 7) is 1.82. The molecule has 130 valence electrons. The van der Waals surface area contributed by atoms with Crippen LogP contribution in [0.25, 0.3) is 0 Å². The van der Waals surface area contributed by atoms with E-state index in [0.717, 1.165) is 18.5 Å². The highest BCUT2D eigenvalue weighted by Gasteiger charge is 2.44.